The highest BCUT2D eigenvalue weighted by molar-refractivity contribution is 5.93. The molecule has 0 fully saturated rings. The highest BCUT2D eigenvalue weighted by atomic mass is 19.3. The van der Waals surface area contributed by atoms with E-state index < -0.39 is 17.6 Å². The van der Waals surface area contributed by atoms with Gasteiger partial charge in [-0.2, -0.15) is 8.78 Å². The van der Waals surface area contributed by atoms with Crippen molar-refractivity contribution in [2.75, 3.05) is 5.73 Å². The molecule has 0 spiro atoms. The molecule has 6 heteroatoms. The molecule has 0 amide bonds. The van der Waals surface area contributed by atoms with Crippen LogP contribution in [0.1, 0.15) is 23.0 Å². The lowest BCUT2D eigenvalue weighted by atomic mass is 10.1. The topological polar surface area (TPSA) is 76.2 Å². The van der Waals surface area contributed by atoms with Gasteiger partial charge in [-0.05, 0) is 6.07 Å². The van der Waals surface area contributed by atoms with Crippen LogP contribution in [0.2, 0.25) is 0 Å². The summed E-state index contributed by atoms with van der Waals surface area (Å²) < 4.78 is 25.4. The van der Waals surface area contributed by atoms with E-state index in [0.717, 1.165) is 12.3 Å². The van der Waals surface area contributed by atoms with E-state index in [1.165, 1.54) is 0 Å². The van der Waals surface area contributed by atoms with E-state index in [4.69, 9.17) is 10.8 Å². The minimum Gasteiger partial charge on any atom is -0.478 e. The number of carboxylic acids is 1. The molecule has 1 heterocycles. The van der Waals surface area contributed by atoms with Gasteiger partial charge in [-0.15, -0.1) is 0 Å². The highest BCUT2D eigenvalue weighted by Crippen LogP contribution is 2.27. The van der Waals surface area contributed by atoms with Crippen molar-refractivity contribution in [3.8, 4) is 0 Å². The number of aromatic nitrogens is 1. The van der Waals surface area contributed by atoms with Crippen LogP contribution in [0, 0.1) is 0 Å². The molecule has 76 valence electrons. The number of pyridine rings is 1. The lowest BCUT2D eigenvalue weighted by molar-refractivity contribution is 0.0127. The predicted molar refractivity (Wildman–Crippen MR) is 45.2 cm³/mol. The summed E-state index contributed by atoms with van der Waals surface area (Å²) in [6, 6.07) is 0.865. The van der Waals surface area contributed by atoms with E-state index in [2.05, 4.69) is 4.98 Å². The molecule has 0 aliphatic heterocycles. The van der Waals surface area contributed by atoms with Gasteiger partial charge < -0.3 is 10.8 Å². The Hall–Kier alpha value is -1.72. The second-order valence-electron chi connectivity index (χ2n) is 2.85. The Labute approximate surface area is 78.4 Å². The van der Waals surface area contributed by atoms with Crippen LogP contribution in [-0.2, 0) is 5.92 Å². The molecule has 1 aromatic rings. The number of rotatable bonds is 2. The molecule has 3 N–H and O–H groups in total. The van der Waals surface area contributed by atoms with Gasteiger partial charge in [0.05, 0.1) is 0 Å². The number of hydrogen-bond donors (Lipinski definition) is 2. The lowest BCUT2D eigenvalue weighted by Gasteiger charge is -2.10. The number of nitrogens with two attached hydrogens (primary N) is 1. The third-order valence-electron chi connectivity index (χ3n) is 1.62. The Balaban J connectivity index is 3.20. The fourth-order valence-electron chi connectivity index (χ4n) is 0.890. The highest BCUT2D eigenvalue weighted by Gasteiger charge is 2.27. The standard InChI is InChI=1S/C8H8F2N2O2/c1-8(9,10)6-2-5(11)4(3-12-6)7(13)14/h2-3H,1H3,(H2,11,12)(H,13,14). The zero-order chi connectivity index (χ0) is 10.9. The summed E-state index contributed by atoms with van der Waals surface area (Å²) in [5, 5.41) is 8.55. The van der Waals surface area contributed by atoms with Gasteiger partial charge in [0.1, 0.15) is 11.3 Å². The second-order valence-corrected chi connectivity index (χ2v) is 2.85. The molecule has 0 aliphatic rings. The Morgan fingerprint density at radius 3 is 2.57 bits per heavy atom. The van der Waals surface area contributed by atoms with Gasteiger partial charge in [0, 0.05) is 18.8 Å². The first kappa shape index (κ1) is 10.4. The van der Waals surface area contributed by atoms with Crippen LogP contribution >= 0.6 is 0 Å². The van der Waals surface area contributed by atoms with Gasteiger partial charge in [-0.3, -0.25) is 4.98 Å². The molecule has 0 atom stereocenters. The van der Waals surface area contributed by atoms with Crippen molar-refractivity contribution in [2.45, 2.75) is 12.8 Å². The first-order valence-electron chi connectivity index (χ1n) is 3.69. The molecule has 0 aliphatic carbocycles. The molecule has 0 saturated carbocycles. The fourth-order valence-corrected chi connectivity index (χ4v) is 0.890. The van der Waals surface area contributed by atoms with Crippen molar-refractivity contribution < 1.29 is 18.7 Å². The van der Waals surface area contributed by atoms with Crippen LogP contribution in [0.3, 0.4) is 0 Å². The van der Waals surface area contributed by atoms with Crippen molar-refractivity contribution in [2.24, 2.45) is 0 Å². The third-order valence-corrected chi connectivity index (χ3v) is 1.62. The van der Waals surface area contributed by atoms with E-state index in [9.17, 15) is 13.6 Å². The van der Waals surface area contributed by atoms with Crippen LogP contribution in [0.15, 0.2) is 12.3 Å². The molecule has 1 aromatic heterocycles. The van der Waals surface area contributed by atoms with Crippen molar-refractivity contribution in [3.63, 3.8) is 0 Å². The van der Waals surface area contributed by atoms with Gasteiger partial charge in [0.15, 0.2) is 0 Å². The molecular formula is C8H8F2N2O2. The molecule has 0 radical (unpaired) electrons. The number of halogens is 2. The van der Waals surface area contributed by atoms with Crippen LogP contribution < -0.4 is 5.73 Å². The zero-order valence-corrected chi connectivity index (χ0v) is 7.29. The first-order chi connectivity index (χ1) is 6.32. The summed E-state index contributed by atoms with van der Waals surface area (Å²) in [5.41, 5.74) is 4.23. The predicted octanol–water partition coefficient (Wildman–Crippen LogP) is 1.47. The van der Waals surface area contributed by atoms with Crippen molar-refractivity contribution >= 4 is 11.7 Å². The Morgan fingerprint density at radius 2 is 2.21 bits per heavy atom. The maximum Gasteiger partial charge on any atom is 0.339 e. The Bertz CT molecular complexity index is 374. The number of anilines is 1. The average molecular weight is 202 g/mol. The van der Waals surface area contributed by atoms with Crippen molar-refractivity contribution in [1.82, 2.24) is 4.98 Å². The molecule has 0 aromatic carbocycles. The molecular weight excluding hydrogens is 194 g/mol. The molecule has 0 unspecified atom stereocenters. The van der Waals surface area contributed by atoms with Gasteiger partial charge >= 0.3 is 5.97 Å². The number of alkyl halides is 2. The second kappa shape index (κ2) is 3.21. The van der Waals surface area contributed by atoms with Gasteiger partial charge in [-0.25, -0.2) is 4.79 Å². The van der Waals surface area contributed by atoms with Crippen molar-refractivity contribution in [3.05, 3.63) is 23.5 Å². The summed E-state index contributed by atoms with van der Waals surface area (Å²) in [6.45, 7) is 0.662. The third kappa shape index (κ3) is 1.95. The lowest BCUT2D eigenvalue weighted by Crippen LogP contribution is -2.12. The maximum atomic E-state index is 12.7. The summed E-state index contributed by atoms with van der Waals surface area (Å²) in [6.07, 6.45) is 0.824. The summed E-state index contributed by atoms with van der Waals surface area (Å²) >= 11 is 0. The van der Waals surface area contributed by atoms with Gasteiger partial charge in [0.2, 0.25) is 0 Å². The van der Waals surface area contributed by atoms with Crippen molar-refractivity contribution in [1.29, 1.82) is 0 Å². The van der Waals surface area contributed by atoms with Gasteiger partial charge in [0.25, 0.3) is 5.92 Å². The van der Waals surface area contributed by atoms with Crippen LogP contribution in [0.4, 0.5) is 14.5 Å². The van der Waals surface area contributed by atoms with E-state index in [0.29, 0.717) is 6.92 Å². The van der Waals surface area contributed by atoms with Crippen LogP contribution in [0.25, 0.3) is 0 Å². The first-order valence-corrected chi connectivity index (χ1v) is 3.69. The van der Waals surface area contributed by atoms with Gasteiger partial charge in [-0.1, -0.05) is 0 Å². The molecule has 0 saturated heterocycles. The van der Waals surface area contributed by atoms with Crippen LogP contribution in [-0.4, -0.2) is 16.1 Å². The SMILES string of the molecule is CC(F)(F)c1cc(N)c(C(=O)O)cn1. The molecule has 1 rings (SSSR count). The Morgan fingerprint density at radius 1 is 1.64 bits per heavy atom. The molecule has 4 nitrogen and oxygen atoms in total. The van der Waals surface area contributed by atoms with E-state index in [1.807, 2.05) is 0 Å². The Kier molecular flexibility index (Phi) is 2.37. The average Bonchev–Trinajstić information content (AvgIpc) is 2.01. The summed E-state index contributed by atoms with van der Waals surface area (Å²) in [5.74, 6) is -4.41. The number of nitrogens with zero attached hydrogens (tertiary/aromatic N) is 1. The minimum absolute atomic E-state index is 0.218. The molecule has 14 heavy (non-hydrogen) atoms. The van der Waals surface area contributed by atoms with E-state index >= 15 is 0 Å². The number of carboxylic acid groups (broad SMARTS) is 1. The largest absolute Gasteiger partial charge is 0.478 e. The smallest absolute Gasteiger partial charge is 0.339 e. The van der Waals surface area contributed by atoms with E-state index in [1.54, 1.807) is 0 Å². The van der Waals surface area contributed by atoms with E-state index in [-0.39, 0.29) is 11.3 Å². The number of hydrogen-bond acceptors (Lipinski definition) is 3. The monoisotopic (exact) mass is 202 g/mol. The zero-order valence-electron chi connectivity index (χ0n) is 7.29. The normalized spacial score (nSPS) is 11.4. The number of aromatic carboxylic acids is 1. The summed E-state index contributed by atoms with van der Waals surface area (Å²) in [4.78, 5) is 13.8. The molecule has 0 bridgehead atoms. The number of nitrogen functional groups attached to an aromatic ring is 1. The maximum absolute atomic E-state index is 12.7. The van der Waals surface area contributed by atoms with Crippen LogP contribution in [0.5, 0.6) is 0 Å². The number of carbonyl (C=O) groups is 1. The quantitative estimate of drug-likeness (QED) is 0.761. The minimum atomic E-state index is -3.12. The summed E-state index contributed by atoms with van der Waals surface area (Å²) in [7, 11) is 0. The fraction of sp³-hybridized carbons (Fsp3) is 0.250.